The minimum atomic E-state index is -1.58. The van der Waals surface area contributed by atoms with E-state index in [9.17, 15) is 14.4 Å². The molecule has 3 N–H and O–H groups in total. The second-order valence-corrected chi connectivity index (χ2v) is 3.43. The minimum absolute atomic E-state index is 0.0952. The Hall–Kier alpha value is -2.81. The normalized spacial score (nSPS) is 9.56. The molecule has 6 nitrogen and oxygen atoms in total. The lowest BCUT2D eigenvalue weighted by molar-refractivity contribution is 0.0648. The largest absolute Gasteiger partial charge is 0.478 e. The lowest BCUT2D eigenvalue weighted by Crippen LogP contribution is -2.16. The Morgan fingerprint density at radius 1 is 1.06 bits per heavy atom. The summed E-state index contributed by atoms with van der Waals surface area (Å²) in [6, 6.07) is 0.982. The second-order valence-electron chi connectivity index (χ2n) is 3.43. The topological polar surface area (TPSA) is 112 Å². The molecule has 92 valence electrons. The summed E-state index contributed by atoms with van der Waals surface area (Å²) in [4.78, 5) is 33.0. The first-order valence-electron chi connectivity index (χ1n) is 4.65. The lowest BCUT2D eigenvalue weighted by atomic mass is 9.92. The van der Waals surface area contributed by atoms with E-state index in [4.69, 9.17) is 21.7 Å². The summed E-state index contributed by atoms with van der Waals surface area (Å²) < 4.78 is 0. The fourth-order valence-corrected chi connectivity index (χ4v) is 1.63. The van der Waals surface area contributed by atoms with E-state index in [1.807, 2.05) is 5.92 Å². The van der Waals surface area contributed by atoms with Crippen molar-refractivity contribution in [1.82, 2.24) is 0 Å². The van der Waals surface area contributed by atoms with Crippen LogP contribution < -0.4 is 0 Å². The first-order chi connectivity index (χ1) is 8.31. The van der Waals surface area contributed by atoms with Gasteiger partial charge in [-0.1, -0.05) is 5.92 Å². The quantitative estimate of drug-likeness (QED) is 0.690. The molecular weight excluding hydrogens is 240 g/mol. The molecule has 0 radical (unpaired) electrons. The van der Waals surface area contributed by atoms with Crippen LogP contribution in [0.1, 0.15) is 42.2 Å². The molecular formula is C12H8O6. The fraction of sp³-hybridized carbons (Fsp3) is 0.0833. The number of carboxylic acids is 3. The molecule has 0 amide bonds. The molecule has 0 aliphatic carbocycles. The van der Waals surface area contributed by atoms with Crippen LogP contribution in [0.25, 0.3) is 0 Å². The van der Waals surface area contributed by atoms with Crippen LogP contribution in [0.3, 0.4) is 0 Å². The van der Waals surface area contributed by atoms with Crippen molar-refractivity contribution in [3.8, 4) is 12.3 Å². The number of rotatable bonds is 3. The maximum absolute atomic E-state index is 11.0. The molecule has 0 aliphatic rings. The van der Waals surface area contributed by atoms with E-state index < -0.39 is 34.6 Å². The smallest absolute Gasteiger partial charge is 0.337 e. The Balaban J connectivity index is 3.91. The summed E-state index contributed by atoms with van der Waals surface area (Å²) in [5, 5.41) is 26.9. The summed E-state index contributed by atoms with van der Waals surface area (Å²) in [5.41, 5.74) is -1.93. The van der Waals surface area contributed by atoms with Crippen LogP contribution in [0, 0.1) is 19.3 Å². The molecule has 0 atom stereocenters. The van der Waals surface area contributed by atoms with Gasteiger partial charge < -0.3 is 15.3 Å². The number of benzene rings is 1. The Kier molecular flexibility index (Phi) is 3.38. The number of terminal acetylenes is 1. The Bertz CT molecular complexity index is 606. The van der Waals surface area contributed by atoms with Crippen LogP contribution in [0.4, 0.5) is 0 Å². The summed E-state index contributed by atoms with van der Waals surface area (Å²) >= 11 is 0. The van der Waals surface area contributed by atoms with Gasteiger partial charge in [-0.15, -0.1) is 6.42 Å². The standard InChI is InChI=1S/C12H8O6/c1-3-6-8(11(15)16)5(2)4-7(10(13)14)9(6)12(17)18/h1,4H,2H3,(H,13,14)(H,15,16)(H,17,18). The average Bonchev–Trinajstić information content (AvgIpc) is 2.25. The fourth-order valence-electron chi connectivity index (χ4n) is 1.63. The summed E-state index contributed by atoms with van der Waals surface area (Å²) in [6.07, 6.45) is 5.10. The predicted octanol–water partition coefficient (Wildman–Crippen LogP) is 1.07. The van der Waals surface area contributed by atoms with Crippen molar-refractivity contribution in [2.75, 3.05) is 0 Å². The molecule has 0 fully saturated rings. The maximum atomic E-state index is 11.0. The molecule has 1 aromatic rings. The van der Waals surface area contributed by atoms with Crippen LogP contribution in [0.5, 0.6) is 0 Å². The third-order valence-corrected chi connectivity index (χ3v) is 2.33. The van der Waals surface area contributed by atoms with Gasteiger partial charge in [0.15, 0.2) is 0 Å². The molecule has 18 heavy (non-hydrogen) atoms. The zero-order valence-electron chi connectivity index (χ0n) is 9.22. The third-order valence-electron chi connectivity index (χ3n) is 2.33. The van der Waals surface area contributed by atoms with Crippen molar-refractivity contribution in [3.63, 3.8) is 0 Å². The lowest BCUT2D eigenvalue weighted by Gasteiger charge is -2.10. The molecule has 0 aliphatic heterocycles. The molecule has 1 aromatic carbocycles. The van der Waals surface area contributed by atoms with Gasteiger partial charge in [0, 0.05) is 0 Å². The van der Waals surface area contributed by atoms with Gasteiger partial charge in [-0.05, 0) is 18.6 Å². The Morgan fingerprint density at radius 3 is 1.89 bits per heavy atom. The number of aryl methyl sites for hydroxylation is 1. The van der Waals surface area contributed by atoms with Gasteiger partial charge in [0.1, 0.15) is 0 Å². The van der Waals surface area contributed by atoms with Crippen molar-refractivity contribution >= 4 is 17.9 Å². The van der Waals surface area contributed by atoms with Gasteiger partial charge in [-0.3, -0.25) is 0 Å². The average molecular weight is 248 g/mol. The number of hydrogen-bond acceptors (Lipinski definition) is 3. The highest BCUT2D eigenvalue weighted by molar-refractivity contribution is 6.07. The Morgan fingerprint density at radius 2 is 1.56 bits per heavy atom. The van der Waals surface area contributed by atoms with E-state index in [1.165, 1.54) is 6.92 Å². The van der Waals surface area contributed by atoms with Crippen LogP contribution in [-0.2, 0) is 0 Å². The molecule has 1 rings (SSSR count). The van der Waals surface area contributed by atoms with E-state index >= 15 is 0 Å². The Labute approximate surface area is 101 Å². The van der Waals surface area contributed by atoms with E-state index in [0.29, 0.717) is 0 Å². The van der Waals surface area contributed by atoms with E-state index in [2.05, 4.69) is 0 Å². The van der Waals surface area contributed by atoms with Crippen molar-refractivity contribution < 1.29 is 29.7 Å². The minimum Gasteiger partial charge on any atom is -0.478 e. The maximum Gasteiger partial charge on any atom is 0.337 e. The highest BCUT2D eigenvalue weighted by Gasteiger charge is 2.26. The predicted molar refractivity (Wildman–Crippen MR) is 60.0 cm³/mol. The molecule has 0 heterocycles. The van der Waals surface area contributed by atoms with Crippen LogP contribution in [0.15, 0.2) is 6.07 Å². The number of aromatic carboxylic acids is 3. The second kappa shape index (κ2) is 4.59. The number of hydrogen-bond donors (Lipinski definition) is 3. The molecule has 0 saturated heterocycles. The zero-order chi connectivity index (χ0) is 14.0. The van der Waals surface area contributed by atoms with Crippen molar-refractivity contribution in [1.29, 1.82) is 0 Å². The van der Waals surface area contributed by atoms with Gasteiger partial charge in [0.2, 0.25) is 0 Å². The highest BCUT2D eigenvalue weighted by atomic mass is 16.4. The van der Waals surface area contributed by atoms with Crippen LogP contribution >= 0.6 is 0 Å². The van der Waals surface area contributed by atoms with Gasteiger partial charge in [0.05, 0.1) is 22.3 Å². The van der Waals surface area contributed by atoms with Gasteiger partial charge in [-0.25, -0.2) is 14.4 Å². The molecule has 0 bridgehead atoms. The summed E-state index contributed by atoms with van der Waals surface area (Å²) in [7, 11) is 0. The number of carbonyl (C=O) groups is 3. The van der Waals surface area contributed by atoms with Crippen molar-refractivity contribution in [3.05, 3.63) is 33.9 Å². The monoisotopic (exact) mass is 248 g/mol. The molecule has 0 spiro atoms. The SMILES string of the molecule is C#Cc1c(C(=O)O)c(C)cc(C(=O)O)c1C(=O)O. The van der Waals surface area contributed by atoms with Crippen LogP contribution in [0.2, 0.25) is 0 Å². The van der Waals surface area contributed by atoms with Gasteiger partial charge >= 0.3 is 17.9 Å². The zero-order valence-corrected chi connectivity index (χ0v) is 9.22. The van der Waals surface area contributed by atoms with Gasteiger partial charge in [0.25, 0.3) is 0 Å². The van der Waals surface area contributed by atoms with E-state index in [1.54, 1.807) is 0 Å². The third kappa shape index (κ3) is 2.01. The first-order valence-corrected chi connectivity index (χ1v) is 4.65. The van der Waals surface area contributed by atoms with Crippen LogP contribution in [-0.4, -0.2) is 33.2 Å². The molecule has 6 heteroatoms. The van der Waals surface area contributed by atoms with E-state index in [0.717, 1.165) is 6.07 Å². The van der Waals surface area contributed by atoms with Crippen molar-refractivity contribution in [2.24, 2.45) is 0 Å². The summed E-state index contributed by atoms with van der Waals surface area (Å²) in [6.45, 7) is 1.35. The molecule has 0 unspecified atom stereocenters. The number of carboxylic acid groups (broad SMARTS) is 3. The van der Waals surface area contributed by atoms with E-state index in [-0.39, 0.29) is 11.1 Å². The highest BCUT2D eigenvalue weighted by Crippen LogP contribution is 2.23. The first kappa shape index (κ1) is 13.3. The molecule has 0 aromatic heterocycles. The molecule has 0 saturated carbocycles. The van der Waals surface area contributed by atoms with Crippen molar-refractivity contribution in [2.45, 2.75) is 6.92 Å². The summed E-state index contributed by atoms with van der Waals surface area (Å²) in [5.74, 6) is -2.53. The van der Waals surface area contributed by atoms with Gasteiger partial charge in [-0.2, -0.15) is 0 Å².